The van der Waals surface area contributed by atoms with Gasteiger partial charge in [-0.1, -0.05) is 0 Å². The molecule has 28 heavy (non-hydrogen) atoms. The van der Waals surface area contributed by atoms with Gasteiger partial charge in [0.2, 0.25) is 11.3 Å². The Kier molecular flexibility index (Phi) is 7.09. The van der Waals surface area contributed by atoms with Crippen LogP contribution in [0.15, 0.2) is 0 Å². The zero-order valence-electron chi connectivity index (χ0n) is 13.8. The molecule has 10 N–H and O–H groups in total. The van der Waals surface area contributed by atoms with Crippen LogP contribution in [-0.2, 0) is 26.1 Å². The molecule has 0 radical (unpaired) electrons. The van der Waals surface area contributed by atoms with Gasteiger partial charge in [0.05, 0.1) is 19.9 Å². The number of imide groups is 2. The average molecular weight is 447 g/mol. The smallest absolute Gasteiger partial charge is 0.323 e. The van der Waals surface area contributed by atoms with E-state index in [1.54, 1.807) is 0 Å². The zero-order chi connectivity index (χ0) is 20.2. The van der Waals surface area contributed by atoms with Crippen LogP contribution in [0, 0.1) is 0 Å². The summed E-state index contributed by atoms with van der Waals surface area (Å²) in [6.07, 6.45) is 0. The monoisotopic (exact) mass is 446 g/mol. The molecule has 2 aliphatic rings. The van der Waals surface area contributed by atoms with Crippen molar-refractivity contribution in [2.75, 3.05) is 19.9 Å². The van der Waals surface area contributed by atoms with Crippen LogP contribution in [0.3, 0.4) is 0 Å². The molecular formula is C11H16N8NiO8. The van der Waals surface area contributed by atoms with Crippen molar-refractivity contribution < 1.29 is 55.5 Å². The molecule has 0 spiro atoms. The molecule has 158 valence electrons. The van der Waals surface area contributed by atoms with E-state index in [-0.39, 0.29) is 16.5 Å². The average Bonchev–Trinajstić information content (AvgIpc) is 3.03. The van der Waals surface area contributed by atoms with Gasteiger partial charge in [0.25, 0.3) is 11.8 Å². The Morgan fingerprint density at radius 1 is 0.786 bits per heavy atom. The first-order valence-corrected chi connectivity index (χ1v) is 7.27. The van der Waals surface area contributed by atoms with Crippen molar-refractivity contribution in [3.63, 3.8) is 0 Å². The fraction of sp³-hybridized carbons (Fsp3) is 0.455. The molecule has 16 nitrogen and oxygen atoms in total. The Morgan fingerprint density at radius 3 is 1.39 bits per heavy atom. The Morgan fingerprint density at radius 2 is 1.14 bits per heavy atom. The number of rotatable bonds is 6. The van der Waals surface area contributed by atoms with Crippen LogP contribution in [0.5, 0.6) is 0 Å². The minimum Gasteiger partial charge on any atom is -0.391 e. The maximum Gasteiger partial charge on any atom is 0.323 e. The van der Waals surface area contributed by atoms with Crippen LogP contribution in [0.4, 0.5) is 19.2 Å². The van der Waals surface area contributed by atoms with Gasteiger partial charge in [-0.15, -0.1) is 0 Å². The maximum atomic E-state index is 11.8. The van der Waals surface area contributed by atoms with Crippen molar-refractivity contribution >= 4 is 35.9 Å². The molecule has 0 saturated carbocycles. The van der Waals surface area contributed by atoms with E-state index in [2.05, 4.69) is 10.6 Å². The van der Waals surface area contributed by atoms with Crippen LogP contribution in [0.25, 0.3) is 0 Å². The van der Waals surface area contributed by atoms with Crippen molar-refractivity contribution in [2.24, 2.45) is 0 Å². The number of hydrogen-bond donors (Lipinski definition) is 10. The summed E-state index contributed by atoms with van der Waals surface area (Å²) in [5.74, 6) is -1.97. The summed E-state index contributed by atoms with van der Waals surface area (Å²) in [5, 5.41) is 34.4. The Bertz CT molecular complexity index is 661. The van der Waals surface area contributed by atoms with Gasteiger partial charge in [-0.25, -0.2) is 19.2 Å². The van der Waals surface area contributed by atoms with E-state index >= 15 is 0 Å². The predicted octanol–water partition coefficient (Wildman–Crippen LogP) is -5.40. The number of urea groups is 4. The van der Waals surface area contributed by atoms with Gasteiger partial charge in [0.15, 0.2) is 0 Å². The van der Waals surface area contributed by atoms with Crippen LogP contribution in [0.1, 0.15) is 0 Å². The summed E-state index contributed by atoms with van der Waals surface area (Å²) in [4.78, 5) is 68.9. The minimum absolute atomic E-state index is 0. The molecule has 2 fully saturated rings. The minimum atomic E-state index is -2.06. The standard InChI is InChI=1S/C11H16N8O8.Ni/c20-1-10(4(22)14-8(26)18-10)16-6(24)12-3-13-7(25)17-11(2-21)5(23)15-9(27)19-11;/h20-21H,1-3H2,(H2,12,16,24)(H2,13,17,25)(H2,14,18,22,26)(H2,15,19,23,27);. The van der Waals surface area contributed by atoms with E-state index in [0.29, 0.717) is 0 Å². The first-order chi connectivity index (χ1) is 12.7. The summed E-state index contributed by atoms with van der Waals surface area (Å²) in [5.41, 5.74) is -4.12. The quantitative estimate of drug-likeness (QED) is 0.107. The van der Waals surface area contributed by atoms with Crippen molar-refractivity contribution in [3.05, 3.63) is 0 Å². The number of carbonyl (C=O) groups excluding carboxylic acids is 6. The molecule has 0 aromatic carbocycles. The third-order valence-corrected chi connectivity index (χ3v) is 3.51. The number of carbonyl (C=O) groups is 6. The molecule has 2 saturated heterocycles. The van der Waals surface area contributed by atoms with E-state index < -0.39 is 67.1 Å². The summed E-state index contributed by atoms with van der Waals surface area (Å²) >= 11 is 0. The fourth-order valence-electron chi connectivity index (χ4n) is 2.14. The van der Waals surface area contributed by atoms with Gasteiger partial charge < -0.3 is 42.1 Å². The molecule has 17 heteroatoms. The summed E-state index contributed by atoms with van der Waals surface area (Å²) in [7, 11) is 0. The van der Waals surface area contributed by atoms with Crippen molar-refractivity contribution in [1.82, 2.24) is 42.5 Å². The van der Waals surface area contributed by atoms with Crippen LogP contribution < -0.4 is 42.5 Å². The van der Waals surface area contributed by atoms with Gasteiger partial charge in [-0.05, 0) is 0 Å². The topological polar surface area (TPSA) is 239 Å². The third kappa shape index (κ3) is 4.56. The normalized spacial score (nSPS) is 25.5. The molecule has 2 unspecified atom stereocenters. The fourth-order valence-corrected chi connectivity index (χ4v) is 2.14. The molecule has 10 amide bonds. The van der Waals surface area contributed by atoms with Gasteiger partial charge in [-0.2, -0.15) is 0 Å². The molecule has 0 aromatic rings. The molecule has 2 aliphatic heterocycles. The zero-order valence-corrected chi connectivity index (χ0v) is 14.8. The number of nitrogens with one attached hydrogen (secondary N) is 8. The molecular weight excluding hydrogens is 431 g/mol. The van der Waals surface area contributed by atoms with Gasteiger partial charge in [0, 0.05) is 16.5 Å². The molecule has 0 aromatic heterocycles. The van der Waals surface area contributed by atoms with Gasteiger partial charge in [0.1, 0.15) is 0 Å². The van der Waals surface area contributed by atoms with E-state index in [0.717, 1.165) is 0 Å². The van der Waals surface area contributed by atoms with Gasteiger partial charge >= 0.3 is 24.1 Å². The first-order valence-electron chi connectivity index (χ1n) is 7.27. The Hall–Kier alpha value is -3.17. The molecule has 0 bridgehead atoms. The van der Waals surface area contributed by atoms with Crippen molar-refractivity contribution in [3.8, 4) is 0 Å². The van der Waals surface area contributed by atoms with E-state index in [4.69, 9.17) is 0 Å². The number of amides is 10. The molecule has 0 aliphatic carbocycles. The van der Waals surface area contributed by atoms with E-state index in [1.807, 2.05) is 31.9 Å². The third-order valence-electron chi connectivity index (χ3n) is 3.51. The van der Waals surface area contributed by atoms with E-state index in [9.17, 15) is 39.0 Å². The second kappa shape index (κ2) is 8.68. The Labute approximate surface area is 165 Å². The van der Waals surface area contributed by atoms with Crippen LogP contribution in [-0.4, -0.2) is 77.4 Å². The number of aliphatic hydroxyl groups is 2. The number of aliphatic hydroxyl groups excluding tert-OH is 2. The number of hydrogen-bond acceptors (Lipinski definition) is 8. The van der Waals surface area contributed by atoms with Crippen LogP contribution >= 0.6 is 0 Å². The molecule has 2 atom stereocenters. The SMILES string of the molecule is O=C(NCNC(=O)NC1(CO)NC(=O)NC1=O)NC1(CO)NC(=O)NC1=O.[Ni]. The van der Waals surface area contributed by atoms with Crippen molar-refractivity contribution in [1.29, 1.82) is 0 Å². The second-order valence-electron chi connectivity index (χ2n) is 5.38. The predicted molar refractivity (Wildman–Crippen MR) is 81.2 cm³/mol. The summed E-state index contributed by atoms with van der Waals surface area (Å²) in [6.45, 7) is -2.38. The summed E-state index contributed by atoms with van der Waals surface area (Å²) < 4.78 is 0. The molecule has 2 rings (SSSR count). The second-order valence-corrected chi connectivity index (χ2v) is 5.38. The van der Waals surface area contributed by atoms with Gasteiger partial charge in [-0.3, -0.25) is 20.2 Å². The summed E-state index contributed by atoms with van der Waals surface area (Å²) in [6, 6.07) is -3.91. The molecule has 2 heterocycles. The largest absolute Gasteiger partial charge is 0.391 e. The first kappa shape index (κ1) is 22.9. The Balaban J connectivity index is 0.00000392. The van der Waals surface area contributed by atoms with Crippen molar-refractivity contribution in [2.45, 2.75) is 11.3 Å². The maximum absolute atomic E-state index is 11.8. The van der Waals surface area contributed by atoms with E-state index in [1.165, 1.54) is 0 Å². The van der Waals surface area contributed by atoms with Crippen LogP contribution in [0.2, 0.25) is 0 Å².